The highest BCUT2D eigenvalue weighted by Crippen LogP contribution is 2.10. The van der Waals surface area contributed by atoms with E-state index in [0.717, 1.165) is 13.1 Å². The van der Waals surface area contributed by atoms with E-state index in [4.69, 9.17) is 0 Å². The molecule has 0 bridgehead atoms. The fraction of sp³-hybridized carbons (Fsp3) is 0.667. The third kappa shape index (κ3) is 3.94. The number of hydrogen-bond acceptors (Lipinski definition) is 4. The van der Waals surface area contributed by atoms with Crippen molar-refractivity contribution in [2.45, 2.75) is 25.7 Å². The van der Waals surface area contributed by atoms with Gasteiger partial charge in [-0.2, -0.15) is 0 Å². The summed E-state index contributed by atoms with van der Waals surface area (Å²) in [6.07, 6.45) is 6.77. The Kier molecular flexibility index (Phi) is 5.43. The lowest BCUT2D eigenvalue weighted by atomic mass is 10.2. The Hall–Kier alpha value is -0.630. The minimum absolute atomic E-state index is 0.0807. The first kappa shape index (κ1) is 13.8. The summed E-state index contributed by atoms with van der Waals surface area (Å²) >= 11 is 2.02. The van der Waals surface area contributed by atoms with Crippen LogP contribution in [0.25, 0.3) is 0 Å². The predicted octanol–water partition coefficient (Wildman–Crippen LogP) is 1.66. The minimum atomic E-state index is -0.0807. The number of rotatable bonds is 4. The molecule has 0 amide bonds. The zero-order valence-corrected chi connectivity index (χ0v) is 12.6. The molecular formula is C12H19IN4O. The molecule has 6 heteroatoms. The van der Waals surface area contributed by atoms with Crippen LogP contribution in [0.4, 0.5) is 5.82 Å². The normalized spacial score (nSPS) is 17.4. The molecule has 0 aliphatic carbocycles. The van der Waals surface area contributed by atoms with E-state index in [9.17, 15) is 4.79 Å². The topological polar surface area (TPSA) is 61.0 Å². The maximum Gasteiger partial charge on any atom is 0.266 e. The molecule has 0 saturated carbocycles. The fourth-order valence-electron chi connectivity index (χ4n) is 2.20. The molecule has 2 N–H and O–H groups in total. The van der Waals surface area contributed by atoms with Crippen molar-refractivity contribution in [1.29, 1.82) is 0 Å². The summed E-state index contributed by atoms with van der Waals surface area (Å²) in [6, 6.07) is 0. The first-order valence-electron chi connectivity index (χ1n) is 6.47. The molecule has 2 rings (SSSR count). The van der Waals surface area contributed by atoms with Crippen LogP contribution in [-0.2, 0) is 0 Å². The molecule has 0 atom stereocenters. The molecule has 1 fully saturated rings. The van der Waals surface area contributed by atoms with E-state index < -0.39 is 0 Å². The molecule has 0 radical (unpaired) electrons. The summed E-state index contributed by atoms with van der Waals surface area (Å²) < 4.78 is 0.631. The van der Waals surface area contributed by atoms with Crippen molar-refractivity contribution in [3.05, 3.63) is 20.3 Å². The second kappa shape index (κ2) is 7.08. The molecule has 1 aromatic heterocycles. The Morgan fingerprint density at radius 3 is 2.78 bits per heavy atom. The van der Waals surface area contributed by atoms with Crippen molar-refractivity contribution in [1.82, 2.24) is 14.9 Å². The van der Waals surface area contributed by atoms with E-state index >= 15 is 0 Å². The molecule has 100 valence electrons. The van der Waals surface area contributed by atoms with E-state index in [0.29, 0.717) is 9.39 Å². The number of H-pyrrole nitrogens is 1. The Balaban J connectivity index is 1.80. The van der Waals surface area contributed by atoms with E-state index in [1.54, 1.807) is 0 Å². The standard InChI is InChI=1S/C12H19IN4O/c13-10-11(15-9-16-12(10)18)14-5-8-17-6-3-1-2-4-7-17/h9H,1-8H2,(H2,14,15,16,18). The van der Waals surface area contributed by atoms with Gasteiger partial charge in [-0.1, -0.05) is 12.8 Å². The van der Waals surface area contributed by atoms with Gasteiger partial charge < -0.3 is 15.2 Å². The Bertz CT molecular complexity index is 426. The van der Waals surface area contributed by atoms with Crippen LogP contribution in [0.3, 0.4) is 0 Å². The Morgan fingerprint density at radius 2 is 2.06 bits per heavy atom. The largest absolute Gasteiger partial charge is 0.368 e. The highest BCUT2D eigenvalue weighted by molar-refractivity contribution is 14.1. The van der Waals surface area contributed by atoms with Gasteiger partial charge in [-0.15, -0.1) is 0 Å². The van der Waals surface area contributed by atoms with Crippen molar-refractivity contribution >= 4 is 28.4 Å². The number of anilines is 1. The lowest BCUT2D eigenvalue weighted by Crippen LogP contribution is -2.30. The summed E-state index contributed by atoms with van der Waals surface area (Å²) in [6.45, 7) is 4.25. The number of likely N-dealkylation sites (tertiary alicyclic amines) is 1. The lowest BCUT2D eigenvalue weighted by Gasteiger charge is -2.19. The van der Waals surface area contributed by atoms with Crippen LogP contribution in [-0.4, -0.2) is 41.0 Å². The van der Waals surface area contributed by atoms with Crippen LogP contribution < -0.4 is 10.9 Å². The van der Waals surface area contributed by atoms with Crippen molar-refractivity contribution in [2.75, 3.05) is 31.5 Å². The van der Waals surface area contributed by atoms with Gasteiger partial charge in [0.25, 0.3) is 5.56 Å². The minimum Gasteiger partial charge on any atom is -0.368 e. The Labute approximate surface area is 121 Å². The van der Waals surface area contributed by atoms with Gasteiger partial charge in [-0.05, 0) is 48.5 Å². The van der Waals surface area contributed by atoms with Gasteiger partial charge in [0.2, 0.25) is 0 Å². The van der Waals surface area contributed by atoms with Gasteiger partial charge in [0.15, 0.2) is 0 Å². The van der Waals surface area contributed by atoms with Crippen LogP contribution in [0.2, 0.25) is 0 Å². The molecular weight excluding hydrogens is 343 g/mol. The average molecular weight is 362 g/mol. The third-order valence-electron chi connectivity index (χ3n) is 3.22. The van der Waals surface area contributed by atoms with Crippen LogP contribution >= 0.6 is 22.6 Å². The van der Waals surface area contributed by atoms with Crippen molar-refractivity contribution in [3.8, 4) is 0 Å². The highest BCUT2D eigenvalue weighted by Gasteiger charge is 2.09. The smallest absolute Gasteiger partial charge is 0.266 e. The van der Waals surface area contributed by atoms with E-state index in [1.807, 2.05) is 22.6 Å². The van der Waals surface area contributed by atoms with Gasteiger partial charge in [-0.25, -0.2) is 4.98 Å². The molecule has 0 unspecified atom stereocenters. The summed E-state index contributed by atoms with van der Waals surface area (Å²) in [7, 11) is 0. The first-order valence-corrected chi connectivity index (χ1v) is 7.54. The lowest BCUT2D eigenvalue weighted by molar-refractivity contribution is 0.296. The Morgan fingerprint density at radius 1 is 1.33 bits per heavy atom. The van der Waals surface area contributed by atoms with Gasteiger partial charge in [0.1, 0.15) is 9.39 Å². The summed E-state index contributed by atoms with van der Waals surface area (Å²) in [5, 5.41) is 3.24. The predicted molar refractivity (Wildman–Crippen MR) is 81.0 cm³/mol. The molecule has 1 aromatic rings. The van der Waals surface area contributed by atoms with E-state index in [2.05, 4.69) is 20.2 Å². The third-order valence-corrected chi connectivity index (χ3v) is 4.22. The van der Waals surface area contributed by atoms with Crippen molar-refractivity contribution in [3.63, 3.8) is 0 Å². The number of aromatic nitrogens is 2. The number of nitrogens with zero attached hydrogens (tertiary/aromatic N) is 2. The molecule has 1 aliphatic heterocycles. The number of hydrogen-bond donors (Lipinski definition) is 2. The summed E-state index contributed by atoms with van der Waals surface area (Å²) in [5.41, 5.74) is -0.0807. The highest BCUT2D eigenvalue weighted by atomic mass is 127. The molecule has 2 heterocycles. The zero-order chi connectivity index (χ0) is 12.8. The number of halogens is 1. The molecule has 0 spiro atoms. The monoisotopic (exact) mass is 362 g/mol. The van der Waals surface area contributed by atoms with Crippen LogP contribution in [0.15, 0.2) is 11.1 Å². The molecule has 0 aromatic carbocycles. The van der Waals surface area contributed by atoms with Gasteiger partial charge in [-0.3, -0.25) is 4.79 Å². The SMILES string of the molecule is O=c1[nH]cnc(NCCN2CCCCCC2)c1I. The number of nitrogens with one attached hydrogen (secondary N) is 2. The van der Waals surface area contributed by atoms with Gasteiger partial charge in [0.05, 0.1) is 6.33 Å². The maximum absolute atomic E-state index is 11.4. The van der Waals surface area contributed by atoms with E-state index in [1.165, 1.54) is 45.1 Å². The second-order valence-electron chi connectivity index (χ2n) is 4.58. The first-order chi connectivity index (χ1) is 8.77. The fourth-order valence-corrected chi connectivity index (χ4v) is 2.68. The summed E-state index contributed by atoms with van der Waals surface area (Å²) in [5.74, 6) is 0.689. The van der Waals surface area contributed by atoms with E-state index in [-0.39, 0.29) is 5.56 Å². The molecule has 18 heavy (non-hydrogen) atoms. The van der Waals surface area contributed by atoms with Crippen LogP contribution in [0.1, 0.15) is 25.7 Å². The molecule has 5 nitrogen and oxygen atoms in total. The maximum atomic E-state index is 11.4. The van der Waals surface area contributed by atoms with Gasteiger partial charge >= 0.3 is 0 Å². The quantitative estimate of drug-likeness (QED) is 0.800. The number of aromatic amines is 1. The van der Waals surface area contributed by atoms with Crippen LogP contribution in [0.5, 0.6) is 0 Å². The van der Waals surface area contributed by atoms with Gasteiger partial charge in [0, 0.05) is 13.1 Å². The van der Waals surface area contributed by atoms with Crippen LogP contribution in [0, 0.1) is 3.57 Å². The van der Waals surface area contributed by atoms with Crippen molar-refractivity contribution < 1.29 is 0 Å². The second-order valence-corrected chi connectivity index (χ2v) is 5.66. The molecule has 1 aliphatic rings. The summed E-state index contributed by atoms with van der Waals surface area (Å²) in [4.78, 5) is 20.6. The zero-order valence-electron chi connectivity index (χ0n) is 10.4. The van der Waals surface area contributed by atoms with Crippen molar-refractivity contribution in [2.24, 2.45) is 0 Å². The average Bonchev–Trinajstić information content (AvgIpc) is 2.63. The molecule has 1 saturated heterocycles.